The van der Waals surface area contributed by atoms with E-state index in [1.807, 2.05) is 48.5 Å². The summed E-state index contributed by atoms with van der Waals surface area (Å²) in [6.45, 7) is 2.50. The van der Waals surface area contributed by atoms with Crippen molar-refractivity contribution in [2.24, 2.45) is 0 Å². The van der Waals surface area contributed by atoms with Gasteiger partial charge in [-0.25, -0.2) is 0 Å². The molecule has 1 aliphatic heterocycles. The van der Waals surface area contributed by atoms with Gasteiger partial charge in [-0.3, -0.25) is 0 Å². The van der Waals surface area contributed by atoms with Crippen LogP contribution in [0.25, 0.3) is 11.1 Å². The average Bonchev–Trinajstić information content (AvgIpc) is 3.19. The highest BCUT2D eigenvalue weighted by atomic mass is 16.5. The molecule has 1 aliphatic rings. The van der Waals surface area contributed by atoms with E-state index in [-0.39, 0.29) is 0 Å². The first-order valence-electron chi connectivity index (χ1n) is 17.1. The third-order valence-electron chi connectivity index (χ3n) is 9.36. The van der Waals surface area contributed by atoms with Crippen molar-refractivity contribution in [1.82, 2.24) is 0 Å². The fourth-order valence-electron chi connectivity index (χ4n) is 6.80. The molecule has 0 fully saturated rings. The first-order chi connectivity index (χ1) is 25.1. The highest BCUT2D eigenvalue weighted by molar-refractivity contribution is 5.75. The molecule has 0 aromatic heterocycles. The molecule has 0 spiro atoms. The van der Waals surface area contributed by atoms with E-state index >= 15 is 0 Å². The van der Waals surface area contributed by atoms with Gasteiger partial charge in [0.25, 0.3) is 0 Å². The van der Waals surface area contributed by atoms with Crippen molar-refractivity contribution >= 4 is 0 Å². The Morgan fingerprint density at radius 1 is 0.510 bits per heavy atom. The van der Waals surface area contributed by atoms with Gasteiger partial charge in [-0.15, -0.1) is 0 Å². The van der Waals surface area contributed by atoms with Gasteiger partial charge in [0.15, 0.2) is 0 Å². The summed E-state index contributed by atoms with van der Waals surface area (Å²) in [7, 11) is 5.06. The van der Waals surface area contributed by atoms with Gasteiger partial charge in [-0.2, -0.15) is 0 Å². The molecule has 51 heavy (non-hydrogen) atoms. The van der Waals surface area contributed by atoms with Gasteiger partial charge >= 0.3 is 0 Å². The fraction of sp³-hybridized carbons (Fsp3) is 0.200. The summed E-state index contributed by atoms with van der Waals surface area (Å²) >= 11 is 0. The number of benzene rings is 6. The second-order valence-electron chi connectivity index (χ2n) is 12.6. The van der Waals surface area contributed by atoms with Gasteiger partial charge < -0.3 is 28.4 Å². The Morgan fingerprint density at radius 3 is 1.71 bits per heavy atom. The molecule has 1 heterocycles. The quantitative estimate of drug-likeness (QED) is 0.107. The van der Waals surface area contributed by atoms with Crippen LogP contribution in [0.15, 0.2) is 140 Å². The van der Waals surface area contributed by atoms with E-state index in [0.29, 0.717) is 33.0 Å². The molecule has 0 bridgehead atoms. The lowest BCUT2D eigenvalue weighted by Gasteiger charge is -2.36. The van der Waals surface area contributed by atoms with Gasteiger partial charge in [0.2, 0.25) is 0 Å². The molecular weight excluding hydrogens is 636 g/mol. The zero-order chi connectivity index (χ0) is 35.0. The van der Waals surface area contributed by atoms with Gasteiger partial charge in [-0.05, 0) is 86.5 Å². The predicted molar refractivity (Wildman–Crippen MR) is 199 cm³/mol. The maximum Gasteiger partial charge on any atom is 0.144 e. The maximum atomic E-state index is 7.13. The minimum Gasteiger partial charge on any atom is -0.497 e. The van der Waals surface area contributed by atoms with E-state index in [1.54, 1.807) is 21.3 Å². The summed E-state index contributed by atoms with van der Waals surface area (Å²) < 4.78 is 35.8. The highest BCUT2D eigenvalue weighted by Gasteiger charge is 2.38. The van der Waals surface area contributed by atoms with Crippen LogP contribution in [0.3, 0.4) is 0 Å². The summed E-state index contributed by atoms with van der Waals surface area (Å²) in [4.78, 5) is 0. The first kappa shape index (κ1) is 34.1. The van der Waals surface area contributed by atoms with Crippen molar-refractivity contribution in [3.05, 3.63) is 184 Å². The molecule has 0 atom stereocenters. The lowest BCUT2D eigenvalue weighted by molar-refractivity contribution is 0.000107. The molecule has 0 amide bonds. The highest BCUT2D eigenvalue weighted by Crippen LogP contribution is 2.43. The minimum absolute atomic E-state index is 0.348. The van der Waals surface area contributed by atoms with Gasteiger partial charge in [-0.1, -0.05) is 103 Å². The molecule has 0 aliphatic carbocycles. The van der Waals surface area contributed by atoms with Gasteiger partial charge in [0, 0.05) is 12.7 Å². The zero-order valence-electron chi connectivity index (χ0n) is 29.3. The van der Waals surface area contributed by atoms with Crippen molar-refractivity contribution in [3.8, 4) is 28.4 Å². The predicted octanol–water partition coefficient (Wildman–Crippen LogP) is 9.64. The number of ether oxygens (including phenoxy) is 6. The molecule has 7 rings (SSSR count). The fourth-order valence-corrected chi connectivity index (χ4v) is 6.80. The summed E-state index contributed by atoms with van der Waals surface area (Å²) in [6, 6.07) is 47.7. The molecule has 6 heteroatoms. The van der Waals surface area contributed by atoms with Crippen molar-refractivity contribution in [2.75, 3.05) is 21.3 Å². The minimum atomic E-state index is -0.908. The zero-order valence-corrected chi connectivity index (χ0v) is 29.3. The van der Waals surface area contributed by atoms with E-state index in [9.17, 15) is 0 Å². The Bertz CT molecular complexity index is 2010. The number of rotatable bonds is 14. The molecule has 6 aromatic rings. The number of methoxy groups -OCH3 is 3. The number of hydrogen-bond acceptors (Lipinski definition) is 6. The second-order valence-corrected chi connectivity index (χ2v) is 12.6. The number of fused-ring (bicyclic) bond motifs is 3. The van der Waals surface area contributed by atoms with Crippen molar-refractivity contribution in [1.29, 1.82) is 0 Å². The van der Waals surface area contributed by atoms with Crippen LogP contribution in [0.5, 0.6) is 17.2 Å². The van der Waals surface area contributed by atoms with Gasteiger partial charge in [0.1, 0.15) is 29.5 Å². The van der Waals surface area contributed by atoms with Crippen LogP contribution in [0.4, 0.5) is 0 Å². The van der Waals surface area contributed by atoms with Crippen molar-refractivity contribution in [3.63, 3.8) is 0 Å². The lowest BCUT2D eigenvalue weighted by Crippen LogP contribution is -2.32. The smallest absolute Gasteiger partial charge is 0.144 e. The van der Waals surface area contributed by atoms with Crippen LogP contribution in [-0.4, -0.2) is 21.3 Å². The van der Waals surface area contributed by atoms with Crippen LogP contribution >= 0.6 is 0 Å². The van der Waals surface area contributed by atoms with Crippen molar-refractivity contribution in [2.45, 2.75) is 38.6 Å². The summed E-state index contributed by atoms with van der Waals surface area (Å²) in [5, 5.41) is 0. The topological polar surface area (TPSA) is 55.4 Å². The molecule has 0 unspecified atom stereocenters. The molecule has 0 radical (unpaired) electrons. The molecule has 6 aromatic carbocycles. The Balaban J connectivity index is 1.13. The third-order valence-corrected chi connectivity index (χ3v) is 9.36. The Hall–Kier alpha value is -5.40. The van der Waals surface area contributed by atoms with Crippen LogP contribution in [0, 0.1) is 0 Å². The Morgan fingerprint density at radius 2 is 1.08 bits per heavy atom. The van der Waals surface area contributed by atoms with Crippen molar-refractivity contribution < 1.29 is 28.4 Å². The third kappa shape index (κ3) is 7.40. The van der Waals surface area contributed by atoms with Crippen LogP contribution in [-0.2, 0) is 52.8 Å². The van der Waals surface area contributed by atoms with E-state index in [2.05, 4.69) is 91.0 Å². The molecular formula is C45H42O6. The molecule has 0 saturated carbocycles. The van der Waals surface area contributed by atoms with Crippen LogP contribution < -0.4 is 14.2 Å². The molecule has 258 valence electrons. The standard InChI is InChI=1S/C45H42O6/c1-46-27-32-8-7-9-33(24-32)28-49-29-34-12-22-42-36(25-34)31-50-44-26-35(13-23-43(42)44)30-51-45(37-10-5-4-6-11-37,38-14-18-40(47-2)19-15-38)39-16-20-41(48-3)21-17-39/h4-26H,27-31H2,1-3H3. The molecule has 0 N–H and O–H groups in total. The summed E-state index contributed by atoms with van der Waals surface area (Å²) in [5.41, 5.74) is 9.89. The lowest BCUT2D eigenvalue weighted by atomic mass is 9.80. The Kier molecular flexibility index (Phi) is 10.5. The summed E-state index contributed by atoms with van der Waals surface area (Å²) in [5.74, 6) is 2.42. The monoisotopic (exact) mass is 678 g/mol. The van der Waals surface area contributed by atoms with E-state index < -0.39 is 5.60 Å². The maximum absolute atomic E-state index is 7.13. The van der Waals surface area contributed by atoms with E-state index in [0.717, 1.165) is 67.3 Å². The number of hydrogen-bond donors (Lipinski definition) is 0. The van der Waals surface area contributed by atoms with Crippen LogP contribution in [0.1, 0.15) is 44.5 Å². The molecule has 0 saturated heterocycles. The first-order valence-corrected chi connectivity index (χ1v) is 17.1. The summed E-state index contributed by atoms with van der Waals surface area (Å²) in [6.07, 6.45) is 0. The Labute approximate surface area is 300 Å². The van der Waals surface area contributed by atoms with Crippen LogP contribution in [0.2, 0.25) is 0 Å². The normalized spacial score (nSPS) is 12.1. The van der Waals surface area contributed by atoms with E-state index in [4.69, 9.17) is 28.4 Å². The molecule has 6 nitrogen and oxygen atoms in total. The second kappa shape index (κ2) is 15.7. The van der Waals surface area contributed by atoms with Gasteiger partial charge in [0.05, 0.1) is 40.6 Å². The largest absolute Gasteiger partial charge is 0.497 e. The SMILES string of the molecule is COCc1cccc(COCc2ccc3c(c2)COc2cc(COC(c4ccccc4)(c4ccc(OC)cc4)c4ccc(OC)cc4)ccc2-3)c1. The van der Waals surface area contributed by atoms with E-state index in [1.165, 1.54) is 5.56 Å². The average molecular weight is 679 g/mol.